The molecule has 24 heavy (non-hydrogen) atoms. The van der Waals surface area contributed by atoms with E-state index in [1.165, 1.54) is 36.6 Å². The van der Waals surface area contributed by atoms with Gasteiger partial charge >= 0.3 is 0 Å². The van der Waals surface area contributed by atoms with Gasteiger partial charge in [0.15, 0.2) is 11.5 Å². The molecule has 122 valence electrons. The Morgan fingerprint density at radius 3 is 2.67 bits per heavy atom. The minimum absolute atomic E-state index is 0.0416. The lowest BCUT2D eigenvalue weighted by molar-refractivity contribution is -0.385. The first-order valence-corrected chi connectivity index (χ1v) is 7.94. The summed E-state index contributed by atoms with van der Waals surface area (Å²) < 4.78 is 10.9. The average molecular weight is 342 g/mol. The van der Waals surface area contributed by atoms with Crippen LogP contribution in [-0.4, -0.2) is 17.0 Å². The van der Waals surface area contributed by atoms with E-state index in [-0.39, 0.29) is 12.3 Å². The molecule has 0 aliphatic heterocycles. The number of methoxy groups -OCH3 is 1. The minimum Gasteiger partial charge on any atom is -0.493 e. The predicted molar refractivity (Wildman–Crippen MR) is 91.5 cm³/mol. The van der Waals surface area contributed by atoms with Gasteiger partial charge in [0.25, 0.3) is 5.69 Å². The third-order valence-corrected chi connectivity index (χ3v) is 4.32. The topological polar surface area (TPSA) is 74.5 Å². The molecule has 7 heteroatoms. The molecule has 0 amide bonds. The van der Waals surface area contributed by atoms with Gasteiger partial charge in [-0.2, -0.15) is 0 Å². The van der Waals surface area contributed by atoms with E-state index in [9.17, 15) is 10.1 Å². The smallest absolute Gasteiger partial charge is 0.273 e. The summed E-state index contributed by atoms with van der Waals surface area (Å²) >= 11 is 1.52. The van der Waals surface area contributed by atoms with E-state index in [0.717, 1.165) is 15.4 Å². The SMILES string of the molecule is COc1ccc([N+](=O)[O-])cc1OCc1cnc(-c2ccccc2)s1. The lowest BCUT2D eigenvalue weighted by atomic mass is 10.2. The average Bonchev–Trinajstić information content (AvgIpc) is 3.09. The lowest BCUT2D eigenvalue weighted by Crippen LogP contribution is -1.97. The van der Waals surface area contributed by atoms with Crippen molar-refractivity contribution >= 4 is 17.0 Å². The quantitative estimate of drug-likeness (QED) is 0.493. The van der Waals surface area contributed by atoms with Crippen LogP contribution in [0.15, 0.2) is 54.7 Å². The van der Waals surface area contributed by atoms with Gasteiger partial charge in [0.2, 0.25) is 0 Å². The second-order valence-electron chi connectivity index (χ2n) is 4.88. The van der Waals surface area contributed by atoms with E-state index in [2.05, 4.69) is 4.98 Å². The molecule has 6 nitrogen and oxygen atoms in total. The zero-order valence-corrected chi connectivity index (χ0v) is 13.7. The monoisotopic (exact) mass is 342 g/mol. The molecular formula is C17H14N2O4S. The molecule has 0 aliphatic rings. The number of benzene rings is 2. The molecule has 2 aromatic carbocycles. The number of nitrogens with zero attached hydrogens (tertiary/aromatic N) is 2. The molecular weight excluding hydrogens is 328 g/mol. The Bertz CT molecular complexity index is 849. The normalized spacial score (nSPS) is 10.4. The lowest BCUT2D eigenvalue weighted by Gasteiger charge is -2.09. The number of aromatic nitrogens is 1. The molecule has 3 aromatic rings. The Morgan fingerprint density at radius 2 is 1.96 bits per heavy atom. The van der Waals surface area contributed by atoms with Crippen molar-refractivity contribution in [2.24, 2.45) is 0 Å². The molecule has 0 radical (unpaired) electrons. The highest BCUT2D eigenvalue weighted by molar-refractivity contribution is 7.15. The number of nitro benzene ring substituents is 1. The second kappa shape index (κ2) is 7.10. The van der Waals surface area contributed by atoms with Crippen molar-refractivity contribution in [3.8, 4) is 22.1 Å². The van der Waals surface area contributed by atoms with E-state index in [1.807, 2.05) is 30.3 Å². The standard InChI is InChI=1S/C17H14N2O4S/c1-22-15-8-7-13(19(20)21)9-16(15)23-11-14-10-18-17(24-14)12-5-3-2-4-6-12/h2-10H,11H2,1H3. The third-order valence-electron chi connectivity index (χ3n) is 3.30. The summed E-state index contributed by atoms with van der Waals surface area (Å²) in [5.41, 5.74) is 1.00. The first kappa shape index (κ1) is 15.9. The zero-order valence-electron chi connectivity index (χ0n) is 12.8. The van der Waals surface area contributed by atoms with Crippen LogP contribution in [0.4, 0.5) is 5.69 Å². The van der Waals surface area contributed by atoms with Crippen molar-refractivity contribution in [3.63, 3.8) is 0 Å². The Morgan fingerprint density at radius 1 is 1.17 bits per heavy atom. The highest BCUT2D eigenvalue weighted by Gasteiger charge is 2.13. The largest absolute Gasteiger partial charge is 0.493 e. The summed E-state index contributed by atoms with van der Waals surface area (Å²) in [6.45, 7) is 0.266. The number of ether oxygens (including phenoxy) is 2. The summed E-state index contributed by atoms with van der Waals surface area (Å²) in [7, 11) is 1.49. The van der Waals surface area contributed by atoms with Crippen LogP contribution in [0.25, 0.3) is 10.6 Å². The van der Waals surface area contributed by atoms with Gasteiger partial charge < -0.3 is 9.47 Å². The number of non-ortho nitro benzene ring substituents is 1. The Kier molecular flexibility index (Phi) is 4.72. The van der Waals surface area contributed by atoms with Crippen molar-refractivity contribution in [3.05, 3.63) is 69.7 Å². The van der Waals surface area contributed by atoms with Crippen molar-refractivity contribution in [2.75, 3.05) is 7.11 Å². The molecule has 1 heterocycles. The van der Waals surface area contributed by atoms with Gasteiger partial charge in [0, 0.05) is 17.8 Å². The molecule has 0 spiro atoms. The van der Waals surface area contributed by atoms with Crippen molar-refractivity contribution in [2.45, 2.75) is 6.61 Å². The van der Waals surface area contributed by atoms with Crippen molar-refractivity contribution in [1.29, 1.82) is 0 Å². The number of rotatable bonds is 6. The molecule has 0 saturated heterocycles. The van der Waals surface area contributed by atoms with Gasteiger partial charge in [-0.25, -0.2) is 4.98 Å². The molecule has 0 fully saturated rings. The van der Waals surface area contributed by atoms with Gasteiger partial charge in [-0.3, -0.25) is 10.1 Å². The molecule has 0 atom stereocenters. The Hall–Kier alpha value is -2.93. The summed E-state index contributed by atoms with van der Waals surface area (Å²) in [6.07, 6.45) is 1.75. The predicted octanol–water partition coefficient (Wildman–Crippen LogP) is 4.31. The summed E-state index contributed by atoms with van der Waals surface area (Å²) in [6, 6.07) is 14.1. The summed E-state index contributed by atoms with van der Waals surface area (Å²) in [5.74, 6) is 0.787. The summed E-state index contributed by atoms with van der Waals surface area (Å²) in [4.78, 5) is 15.7. The molecule has 0 unspecified atom stereocenters. The van der Waals surface area contributed by atoms with Gasteiger partial charge in [0.05, 0.1) is 23.0 Å². The highest BCUT2D eigenvalue weighted by Crippen LogP contribution is 2.32. The maximum atomic E-state index is 10.9. The second-order valence-corrected chi connectivity index (χ2v) is 5.99. The highest BCUT2D eigenvalue weighted by atomic mass is 32.1. The van der Waals surface area contributed by atoms with Crippen LogP contribution >= 0.6 is 11.3 Å². The summed E-state index contributed by atoms with van der Waals surface area (Å²) in [5, 5.41) is 11.8. The van der Waals surface area contributed by atoms with Gasteiger partial charge in [-0.15, -0.1) is 11.3 Å². The fourth-order valence-electron chi connectivity index (χ4n) is 2.13. The maximum Gasteiger partial charge on any atom is 0.273 e. The van der Waals surface area contributed by atoms with E-state index in [0.29, 0.717) is 11.5 Å². The van der Waals surface area contributed by atoms with Crippen LogP contribution in [-0.2, 0) is 6.61 Å². The minimum atomic E-state index is -0.466. The number of thiazole rings is 1. The zero-order chi connectivity index (χ0) is 16.9. The van der Waals surface area contributed by atoms with Crippen LogP contribution < -0.4 is 9.47 Å². The molecule has 3 rings (SSSR count). The van der Waals surface area contributed by atoms with Gasteiger partial charge in [-0.05, 0) is 6.07 Å². The van der Waals surface area contributed by atoms with Crippen LogP contribution in [0.3, 0.4) is 0 Å². The number of hydrogen-bond donors (Lipinski definition) is 0. The third kappa shape index (κ3) is 3.52. The Balaban J connectivity index is 1.75. The fourth-order valence-corrected chi connectivity index (χ4v) is 2.96. The van der Waals surface area contributed by atoms with Crippen LogP contribution in [0.1, 0.15) is 4.88 Å². The van der Waals surface area contributed by atoms with Gasteiger partial charge in [0.1, 0.15) is 11.6 Å². The fraction of sp³-hybridized carbons (Fsp3) is 0.118. The van der Waals surface area contributed by atoms with Crippen molar-refractivity contribution in [1.82, 2.24) is 4.98 Å². The molecule has 1 aromatic heterocycles. The van der Waals surface area contributed by atoms with E-state index in [1.54, 1.807) is 6.20 Å². The van der Waals surface area contributed by atoms with E-state index < -0.39 is 4.92 Å². The van der Waals surface area contributed by atoms with E-state index >= 15 is 0 Å². The molecule has 0 aliphatic carbocycles. The first-order chi connectivity index (χ1) is 11.7. The van der Waals surface area contributed by atoms with E-state index in [4.69, 9.17) is 9.47 Å². The molecule has 0 bridgehead atoms. The number of hydrogen-bond acceptors (Lipinski definition) is 6. The number of nitro groups is 1. The van der Waals surface area contributed by atoms with Crippen molar-refractivity contribution < 1.29 is 14.4 Å². The Labute approximate surface area is 142 Å². The maximum absolute atomic E-state index is 10.9. The van der Waals surface area contributed by atoms with Crippen LogP contribution in [0.5, 0.6) is 11.5 Å². The molecule has 0 saturated carbocycles. The molecule has 0 N–H and O–H groups in total. The van der Waals surface area contributed by atoms with Crippen LogP contribution in [0, 0.1) is 10.1 Å². The first-order valence-electron chi connectivity index (χ1n) is 7.12. The van der Waals surface area contributed by atoms with Crippen LogP contribution in [0.2, 0.25) is 0 Å². The van der Waals surface area contributed by atoms with Gasteiger partial charge in [-0.1, -0.05) is 30.3 Å².